The third-order valence-corrected chi connectivity index (χ3v) is 3.98. The number of amides is 1. The Morgan fingerprint density at radius 2 is 2.05 bits per heavy atom. The van der Waals surface area contributed by atoms with Crippen molar-refractivity contribution in [1.82, 2.24) is 14.9 Å². The van der Waals surface area contributed by atoms with Gasteiger partial charge >= 0.3 is 0 Å². The Kier molecular flexibility index (Phi) is 3.46. The largest absolute Gasteiger partial charge is 0.341 e. The van der Waals surface area contributed by atoms with Crippen molar-refractivity contribution in [3.8, 4) is 0 Å². The first-order valence-electron chi connectivity index (χ1n) is 6.34. The summed E-state index contributed by atoms with van der Waals surface area (Å²) < 4.78 is 0. The van der Waals surface area contributed by atoms with Crippen molar-refractivity contribution >= 4 is 32.9 Å². The van der Waals surface area contributed by atoms with Crippen LogP contribution >= 0.6 is 15.9 Å². The van der Waals surface area contributed by atoms with Crippen LogP contribution in [-0.4, -0.2) is 38.7 Å². The second-order valence-corrected chi connectivity index (χ2v) is 6.07. The fourth-order valence-electron chi connectivity index (χ4n) is 2.37. The van der Waals surface area contributed by atoms with E-state index >= 15 is 0 Å². The Balaban J connectivity index is 1.70. The molecule has 19 heavy (non-hydrogen) atoms. The molecule has 1 unspecified atom stereocenters. The van der Waals surface area contributed by atoms with Crippen molar-refractivity contribution in [2.24, 2.45) is 0 Å². The molecular weight excluding hydrogens is 306 g/mol. The summed E-state index contributed by atoms with van der Waals surface area (Å²) in [6.45, 7) is 1.58. The van der Waals surface area contributed by atoms with Gasteiger partial charge in [0.25, 0.3) is 0 Å². The van der Waals surface area contributed by atoms with Gasteiger partial charge in [0.15, 0.2) is 0 Å². The van der Waals surface area contributed by atoms with Crippen molar-refractivity contribution in [3.63, 3.8) is 0 Å². The highest BCUT2D eigenvalue weighted by Gasteiger charge is 2.26. The second kappa shape index (κ2) is 5.25. The maximum atomic E-state index is 11.7. The van der Waals surface area contributed by atoms with Crippen LogP contribution in [0.25, 0.3) is 11.0 Å². The van der Waals surface area contributed by atoms with Crippen LogP contribution < -0.4 is 0 Å². The molecule has 0 bridgehead atoms. The van der Waals surface area contributed by atoms with E-state index in [-0.39, 0.29) is 5.91 Å². The monoisotopic (exact) mass is 319 g/mol. The van der Waals surface area contributed by atoms with Crippen molar-refractivity contribution in [3.05, 3.63) is 36.2 Å². The molecule has 1 saturated heterocycles. The van der Waals surface area contributed by atoms with Crippen LogP contribution in [0, 0.1) is 0 Å². The molecule has 1 fully saturated rings. The van der Waals surface area contributed by atoms with Crippen LogP contribution in [0.4, 0.5) is 0 Å². The zero-order chi connectivity index (χ0) is 13.2. The van der Waals surface area contributed by atoms with E-state index < -0.39 is 0 Å². The average Bonchev–Trinajstić information content (AvgIpc) is 2.74. The van der Waals surface area contributed by atoms with E-state index in [0.717, 1.165) is 30.5 Å². The fraction of sp³-hybridized carbons (Fsp3) is 0.357. The molecule has 4 nitrogen and oxygen atoms in total. The van der Waals surface area contributed by atoms with E-state index in [1.807, 2.05) is 11.0 Å². The minimum Gasteiger partial charge on any atom is -0.341 e. The highest BCUT2D eigenvalue weighted by molar-refractivity contribution is 9.09. The molecule has 0 spiro atoms. The lowest BCUT2D eigenvalue weighted by molar-refractivity contribution is -0.127. The van der Waals surface area contributed by atoms with Gasteiger partial charge in [0.2, 0.25) is 5.91 Å². The number of halogens is 1. The van der Waals surface area contributed by atoms with Crippen LogP contribution in [0.15, 0.2) is 30.6 Å². The quantitative estimate of drug-likeness (QED) is 0.814. The molecular formula is C14H14BrN3O. The minimum atomic E-state index is 0.238. The normalized spacial score (nSPS) is 19.3. The highest BCUT2D eigenvalue weighted by atomic mass is 79.9. The molecule has 2 aromatic rings. The zero-order valence-corrected chi connectivity index (χ0v) is 12.0. The SMILES string of the molecule is O=C1CC(Br)CN1CCc1ccc2nccnc2c1. The summed E-state index contributed by atoms with van der Waals surface area (Å²) >= 11 is 3.50. The number of aromatic nitrogens is 2. The number of carbonyl (C=O) groups excluding carboxylic acids is 1. The Morgan fingerprint density at radius 3 is 2.79 bits per heavy atom. The number of hydrogen-bond acceptors (Lipinski definition) is 3. The smallest absolute Gasteiger partial charge is 0.223 e. The molecule has 1 aromatic heterocycles. The van der Waals surface area contributed by atoms with Crippen molar-refractivity contribution in [2.75, 3.05) is 13.1 Å². The van der Waals surface area contributed by atoms with Crippen molar-refractivity contribution < 1.29 is 4.79 Å². The van der Waals surface area contributed by atoms with E-state index in [0.29, 0.717) is 11.2 Å². The third-order valence-electron chi connectivity index (χ3n) is 3.37. The fourth-order valence-corrected chi connectivity index (χ4v) is 2.99. The molecule has 3 rings (SSSR count). The lowest BCUT2D eigenvalue weighted by Gasteiger charge is -2.15. The van der Waals surface area contributed by atoms with Gasteiger partial charge in [0.1, 0.15) is 0 Å². The van der Waals surface area contributed by atoms with Crippen LogP contribution in [0.3, 0.4) is 0 Å². The minimum absolute atomic E-state index is 0.238. The standard InChI is InChI=1S/C14H14BrN3O/c15-11-8-14(19)18(9-11)6-3-10-1-2-12-13(7-10)17-5-4-16-12/h1-2,4-5,7,11H,3,6,8-9H2. The summed E-state index contributed by atoms with van der Waals surface area (Å²) in [5.74, 6) is 0.238. The predicted molar refractivity (Wildman–Crippen MR) is 77.2 cm³/mol. The summed E-state index contributed by atoms with van der Waals surface area (Å²) in [4.78, 5) is 22.5. The van der Waals surface area contributed by atoms with E-state index in [2.05, 4.69) is 38.0 Å². The Hall–Kier alpha value is -1.49. The molecule has 5 heteroatoms. The highest BCUT2D eigenvalue weighted by Crippen LogP contribution is 2.19. The maximum absolute atomic E-state index is 11.7. The number of rotatable bonds is 3. The first-order valence-corrected chi connectivity index (χ1v) is 7.25. The molecule has 0 aliphatic carbocycles. The summed E-state index contributed by atoms with van der Waals surface area (Å²) in [6, 6.07) is 6.09. The van der Waals surface area contributed by atoms with Gasteiger partial charge in [-0.15, -0.1) is 0 Å². The number of likely N-dealkylation sites (tertiary alicyclic amines) is 1. The van der Waals surface area contributed by atoms with Gasteiger partial charge in [0, 0.05) is 36.7 Å². The van der Waals surface area contributed by atoms with Gasteiger partial charge in [-0.25, -0.2) is 0 Å². The molecule has 98 valence electrons. The van der Waals surface area contributed by atoms with E-state index in [4.69, 9.17) is 0 Å². The molecule has 0 saturated carbocycles. The van der Waals surface area contributed by atoms with Crippen LogP contribution in [0.2, 0.25) is 0 Å². The van der Waals surface area contributed by atoms with E-state index in [1.54, 1.807) is 12.4 Å². The van der Waals surface area contributed by atoms with Gasteiger partial charge in [-0.3, -0.25) is 14.8 Å². The average molecular weight is 320 g/mol. The zero-order valence-electron chi connectivity index (χ0n) is 10.4. The summed E-state index contributed by atoms with van der Waals surface area (Å²) in [5, 5.41) is 0. The molecule has 1 atom stereocenters. The van der Waals surface area contributed by atoms with Crippen molar-refractivity contribution in [1.29, 1.82) is 0 Å². The van der Waals surface area contributed by atoms with Gasteiger partial charge in [0.05, 0.1) is 11.0 Å². The number of hydrogen-bond donors (Lipinski definition) is 0. The second-order valence-electron chi connectivity index (χ2n) is 4.77. The molecule has 1 aromatic carbocycles. The van der Waals surface area contributed by atoms with Crippen LogP contribution in [0.1, 0.15) is 12.0 Å². The molecule has 1 amide bonds. The molecule has 2 heterocycles. The topological polar surface area (TPSA) is 46.1 Å². The number of nitrogens with zero attached hydrogens (tertiary/aromatic N) is 3. The number of alkyl halides is 1. The Morgan fingerprint density at radius 1 is 1.26 bits per heavy atom. The number of fused-ring (bicyclic) bond motifs is 1. The van der Waals surface area contributed by atoms with Crippen LogP contribution in [0.5, 0.6) is 0 Å². The summed E-state index contributed by atoms with van der Waals surface area (Å²) in [5.41, 5.74) is 3.01. The van der Waals surface area contributed by atoms with Gasteiger partial charge in [-0.1, -0.05) is 22.0 Å². The van der Waals surface area contributed by atoms with Gasteiger partial charge in [-0.05, 0) is 24.1 Å². The first kappa shape index (κ1) is 12.5. The van der Waals surface area contributed by atoms with Crippen molar-refractivity contribution in [2.45, 2.75) is 17.7 Å². The lowest BCUT2D eigenvalue weighted by Crippen LogP contribution is -2.27. The molecule has 1 aliphatic rings. The molecule has 0 N–H and O–H groups in total. The lowest BCUT2D eigenvalue weighted by atomic mass is 10.1. The molecule has 0 radical (unpaired) electrons. The molecule has 1 aliphatic heterocycles. The third kappa shape index (κ3) is 2.76. The first-order chi connectivity index (χ1) is 9.22. The predicted octanol–water partition coefficient (Wildman–Crippen LogP) is 2.17. The van der Waals surface area contributed by atoms with Gasteiger partial charge < -0.3 is 4.90 Å². The number of benzene rings is 1. The van der Waals surface area contributed by atoms with Gasteiger partial charge in [-0.2, -0.15) is 0 Å². The summed E-state index contributed by atoms with van der Waals surface area (Å²) in [6.07, 6.45) is 4.87. The Bertz CT molecular complexity index is 616. The van der Waals surface area contributed by atoms with Crippen LogP contribution in [-0.2, 0) is 11.2 Å². The maximum Gasteiger partial charge on any atom is 0.223 e. The number of carbonyl (C=O) groups is 1. The Labute approximate surface area is 120 Å². The summed E-state index contributed by atoms with van der Waals surface area (Å²) in [7, 11) is 0. The van der Waals surface area contributed by atoms with E-state index in [9.17, 15) is 4.79 Å². The van der Waals surface area contributed by atoms with E-state index in [1.165, 1.54) is 5.56 Å².